The Labute approximate surface area is 128 Å². The third-order valence-corrected chi connectivity index (χ3v) is 3.75. The van der Waals surface area contributed by atoms with Crippen LogP contribution in [-0.4, -0.2) is 20.2 Å². The summed E-state index contributed by atoms with van der Waals surface area (Å²) in [5, 5.41) is 3.15. The highest BCUT2D eigenvalue weighted by Crippen LogP contribution is 2.36. The number of rotatable bonds is 4. The first-order valence-corrected chi connectivity index (χ1v) is 7.06. The van der Waals surface area contributed by atoms with E-state index in [9.17, 15) is 0 Å². The number of ether oxygens (including phenoxy) is 2. The fraction of sp³-hybridized carbons (Fsp3) is 0.312. The van der Waals surface area contributed by atoms with Crippen molar-refractivity contribution in [1.29, 1.82) is 0 Å². The van der Waals surface area contributed by atoms with Gasteiger partial charge in [0, 0.05) is 6.42 Å². The molecule has 0 spiro atoms. The molecule has 2 aromatic rings. The molecule has 1 aliphatic heterocycles. The fourth-order valence-corrected chi connectivity index (χ4v) is 2.67. The molecule has 0 saturated carbocycles. The molecule has 3 N–H and O–H groups in total. The highest BCUT2D eigenvalue weighted by Gasteiger charge is 2.26. The lowest BCUT2D eigenvalue weighted by Crippen LogP contribution is -2.39. The van der Waals surface area contributed by atoms with Crippen LogP contribution in [-0.2, 0) is 0 Å². The second-order valence-electron chi connectivity index (χ2n) is 5.09. The minimum absolute atomic E-state index is 0.00518. The summed E-state index contributed by atoms with van der Waals surface area (Å²) >= 11 is 0. The number of aliphatic imine (C=N–C) groups is 1. The molecule has 0 saturated heterocycles. The summed E-state index contributed by atoms with van der Waals surface area (Å²) in [5.41, 5.74) is 6.95. The van der Waals surface area contributed by atoms with E-state index in [1.807, 2.05) is 30.3 Å². The summed E-state index contributed by atoms with van der Waals surface area (Å²) in [4.78, 5) is 4.49. The van der Waals surface area contributed by atoms with Crippen LogP contribution in [0.3, 0.4) is 0 Å². The molecule has 3 rings (SSSR count). The lowest BCUT2D eigenvalue weighted by atomic mass is 9.96. The van der Waals surface area contributed by atoms with E-state index in [-0.39, 0.29) is 12.1 Å². The molecule has 6 heteroatoms. The van der Waals surface area contributed by atoms with Gasteiger partial charge in [0.1, 0.15) is 5.76 Å². The summed E-state index contributed by atoms with van der Waals surface area (Å²) in [6.07, 6.45) is 2.41. The molecule has 22 heavy (non-hydrogen) atoms. The maximum atomic E-state index is 5.93. The van der Waals surface area contributed by atoms with Crippen molar-refractivity contribution in [2.24, 2.45) is 10.7 Å². The number of hydrogen-bond acceptors (Lipinski definition) is 6. The molecule has 0 amide bonds. The zero-order chi connectivity index (χ0) is 15.5. The fourth-order valence-electron chi connectivity index (χ4n) is 2.67. The van der Waals surface area contributed by atoms with Crippen LogP contribution in [0, 0.1) is 0 Å². The first-order valence-electron chi connectivity index (χ1n) is 7.06. The van der Waals surface area contributed by atoms with Crippen molar-refractivity contribution < 1.29 is 13.9 Å². The van der Waals surface area contributed by atoms with E-state index in [1.165, 1.54) is 0 Å². The minimum Gasteiger partial charge on any atom is -0.493 e. The van der Waals surface area contributed by atoms with Gasteiger partial charge in [0.05, 0.1) is 32.6 Å². The van der Waals surface area contributed by atoms with Crippen molar-refractivity contribution in [3.05, 3.63) is 47.9 Å². The predicted octanol–water partition coefficient (Wildman–Crippen LogP) is 2.39. The normalized spacial score (nSPS) is 20.9. The molecule has 1 aromatic heterocycles. The molecule has 0 radical (unpaired) electrons. The minimum atomic E-state index is -0.0591. The Morgan fingerprint density at radius 2 is 2.05 bits per heavy atom. The quantitative estimate of drug-likeness (QED) is 0.906. The molecule has 6 nitrogen and oxygen atoms in total. The van der Waals surface area contributed by atoms with E-state index in [1.54, 1.807) is 20.5 Å². The zero-order valence-electron chi connectivity index (χ0n) is 12.6. The summed E-state index contributed by atoms with van der Waals surface area (Å²) in [7, 11) is 3.23. The third-order valence-electron chi connectivity index (χ3n) is 3.75. The smallest absolute Gasteiger partial charge is 0.189 e. The molecule has 116 valence electrons. The third kappa shape index (κ3) is 2.72. The van der Waals surface area contributed by atoms with Crippen LogP contribution in [0.2, 0.25) is 0 Å². The van der Waals surface area contributed by atoms with Crippen LogP contribution in [0.25, 0.3) is 0 Å². The molecule has 0 aliphatic carbocycles. The van der Waals surface area contributed by atoms with Gasteiger partial charge in [-0.25, -0.2) is 4.99 Å². The van der Waals surface area contributed by atoms with E-state index in [4.69, 9.17) is 19.6 Å². The van der Waals surface area contributed by atoms with Gasteiger partial charge in [-0.3, -0.25) is 0 Å². The summed E-state index contributed by atoms with van der Waals surface area (Å²) in [6.45, 7) is 0. The Morgan fingerprint density at radius 1 is 1.23 bits per heavy atom. The maximum absolute atomic E-state index is 5.93. The zero-order valence-corrected chi connectivity index (χ0v) is 12.6. The number of nitrogens with zero attached hydrogens (tertiary/aromatic N) is 1. The van der Waals surface area contributed by atoms with Crippen molar-refractivity contribution in [2.75, 3.05) is 14.2 Å². The number of methoxy groups -OCH3 is 2. The molecule has 0 fully saturated rings. The summed E-state index contributed by atoms with van der Waals surface area (Å²) < 4.78 is 16.1. The van der Waals surface area contributed by atoms with E-state index in [0.29, 0.717) is 17.5 Å². The number of furan rings is 1. The topological polar surface area (TPSA) is 82.0 Å². The van der Waals surface area contributed by atoms with Gasteiger partial charge in [-0.15, -0.1) is 0 Å². The molecule has 2 unspecified atom stereocenters. The molecular weight excluding hydrogens is 282 g/mol. The highest BCUT2D eigenvalue weighted by molar-refractivity contribution is 5.79. The first kappa shape index (κ1) is 14.3. The number of benzene rings is 1. The number of guanidine groups is 1. The van der Waals surface area contributed by atoms with Gasteiger partial charge in [0.15, 0.2) is 17.5 Å². The predicted molar refractivity (Wildman–Crippen MR) is 83.1 cm³/mol. The largest absolute Gasteiger partial charge is 0.493 e. The number of hydrogen-bond donors (Lipinski definition) is 2. The van der Waals surface area contributed by atoms with Gasteiger partial charge < -0.3 is 24.9 Å². The average Bonchev–Trinajstić information content (AvgIpc) is 3.08. The van der Waals surface area contributed by atoms with Crippen molar-refractivity contribution in [3.63, 3.8) is 0 Å². The van der Waals surface area contributed by atoms with Crippen LogP contribution < -0.4 is 20.5 Å². The molecule has 1 aromatic carbocycles. The molecule has 2 heterocycles. The standard InChI is InChI=1S/C16H19N3O3/c1-20-14-6-5-10(8-15(14)21-2)11-9-12(19-16(17)18-11)13-4-3-7-22-13/h3-8,11-12H,9H2,1-2H3,(H3,17,18,19). The van der Waals surface area contributed by atoms with Gasteiger partial charge in [0.25, 0.3) is 0 Å². The second-order valence-corrected chi connectivity index (χ2v) is 5.09. The van der Waals surface area contributed by atoms with Crippen LogP contribution in [0.15, 0.2) is 46.0 Å². The van der Waals surface area contributed by atoms with E-state index < -0.39 is 0 Å². The van der Waals surface area contributed by atoms with Gasteiger partial charge in [0.2, 0.25) is 0 Å². The Hall–Kier alpha value is -2.63. The second kappa shape index (κ2) is 6.01. The Kier molecular flexibility index (Phi) is 3.91. The molecule has 2 atom stereocenters. The number of nitrogens with one attached hydrogen (secondary N) is 1. The first-order chi connectivity index (χ1) is 10.7. The van der Waals surface area contributed by atoms with Gasteiger partial charge in [-0.2, -0.15) is 0 Å². The average molecular weight is 301 g/mol. The van der Waals surface area contributed by atoms with Crippen LogP contribution in [0.5, 0.6) is 11.5 Å². The Balaban J connectivity index is 1.89. The van der Waals surface area contributed by atoms with Gasteiger partial charge in [-0.05, 0) is 29.8 Å². The number of nitrogens with two attached hydrogens (primary N) is 1. The van der Waals surface area contributed by atoms with Crippen LogP contribution in [0.4, 0.5) is 0 Å². The summed E-state index contributed by atoms with van der Waals surface area (Å²) in [5.74, 6) is 2.64. The monoisotopic (exact) mass is 301 g/mol. The Bertz CT molecular complexity index is 667. The molecular formula is C16H19N3O3. The van der Waals surface area contributed by atoms with Crippen LogP contribution in [0.1, 0.15) is 29.8 Å². The molecule has 0 bridgehead atoms. The van der Waals surface area contributed by atoms with Crippen molar-refractivity contribution >= 4 is 5.96 Å². The van der Waals surface area contributed by atoms with Crippen molar-refractivity contribution in [3.8, 4) is 11.5 Å². The van der Waals surface area contributed by atoms with E-state index in [2.05, 4.69) is 10.3 Å². The van der Waals surface area contributed by atoms with Crippen molar-refractivity contribution in [2.45, 2.75) is 18.5 Å². The van der Waals surface area contributed by atoms with Gasteiger partial charge >= 0.3 is 0 Å². The van der Waals surface area contributed by atoms with E-state index in [0.717, 1.165) is 17.7 Å². The van der Waals surface area contributed by atoms with E-state index >= 15 is 0 Å². The molecule has 1 aliphatic rings. The van der Waals surface area contributed by atoms with Crippen molar-refractivity contribution in [1.82, 2.24) is 5.32 Å². The van der Waals surface area contributed by atoms with Gasteiger partial charge in [-0.1, -0.05) is 6.07 Å². The Morgan fingerprint density at radius 3 is 2.73 bits per heavy atom. The maximum Gasteiger partial charge on any atom is 0.189 e. The van der Waals surface area contributed by atoms with Crippen LogP contribution >= 0.6 is 0 Å². The summed E-state index contributed by atoms with van der Waals surface area (Å²) in [6, 6.07) is 9.54. The lowest BCUT2D eigenvalue weighted by molar-refractivity contribution is 0.353. The lowest BCUT2D eigenvalue weighted by Gasteiger charge is -2.27. The SMILES string of the molecule is COc1ccc(C2CC(c3ccco3)NC(N)=N2)cc1OC. The highest BCUT2D eigenvalue weighted by atomic mass is 16.5.